The van der Waals surface area contributed by atoms with E-state index in [1.165, 1.54) is 11.8 Å². The zero-order valence-electron chi connectivity index (χ0n) is 13.8. The maximum absolute atomic E-state index is 12.1. The lowest BCUT2D eigenvalue weighted by atomic mass is 10.1. The lowest BCUT2D eigenvalue weighted by molar-refractivity contribution is -0.112. The number of aryl methyl sites for hydroxylation is 2. The second-order valence-corrected chi connectivity index (χ2v) is 5.39. The first-order valence-electron chi connectivity index (χ1n) is 7.82. The highest BCUT2D eigenvalue weighted by atomic mass is 16.5. The van der Waals surface area contributed by atoms with E-state index in [0.717, 1.165) is 19.3 Å². The van der Waals surface area contributed by atoms with Crippen molar-refractivity contribution in [3.8, 4) is 6.07 Å². The topological polar surface area (TPSA) is 91.0 Å². The minimum absolute atomic E-state index is 0.0503. The van der Waals surface area contributed by atoms with Gasteiger partial charge in [-0.05, 0) is 37.5 Å². The van der Waals surface area contributed by atoms with E-state index in [0.29, 0.717) is 17.3 Å². The monoisotopic (exact) mass is 324 g/mol. The minimum atomic E-state index is -0.480. The highest BCUT2D eigenvalue weighted by Gasteiger charge is 2.10. The quantitative estimate of drug-likeness (QED) is 0.597. The Balaban J connectivity index is 1.97. The normalized spacial score (nSPS) is 11.0. The number of carbonyl (C=O) groups is 1. The van der Waals surface area contributed by atoms with Gasteiger partial charge in [0.05, 0.1) is 0 Å². The summed E-state index contributed by atoms with van der Waals surface area (Å²) in [5, 5.41) is 18.3. The molecule has 1 aromatic carbocycles. The van der Waals surface area contributed by atoms with Crippen molar-refractivity contribution < 1.29 is 9.32 Å². The Bertz CT molecular complexity index is 754. The molecule has 0 radical (unpaired) electrons. The Morgan fingerprint density at radius 1 is 1.38 bits per heavy atom. The molecule has 0 aliphatic heterocycles. The molecule has 6 heteroatoms. The van der Waals surface area contributed by atoms with Crippen LogP contribution in [0.25, 0.3) is 0 Å². The van der Waals surface area contributed by atoms with E-state index in [4.69, 9.17) is 9.78 Å². The Kier molecular flexibility index (Phi) is 6.15. The second kappa shape index (κ2) is 8.53. The van der Waals surface area contributed by atoms with Gasteiger partial charge < -0.3 is 15.2 Å². The van der Waals surface area contributed by atoms with Crippen LogP contribution in [0.4, 0.5) is 11.5 Å². The number of nitrogens with one attached hydrogen (secondary N) is 2. The third kappa shape index (κ3) is 4.99. The third-order valence-corrected chi connectivity index (χ3v) is 3.39. The van der Waals surface area contributed by atoms with Gasteiger partial charge in [0.15, 0.2) is 5.82 Å². The molecule has 1 aromatic heterocycles. The number of nitrogens with zero attached hydrogens (tertiary/aromatic N) is 2. The summed E-state index contributed by atoms with van der Waals surface area (Å²) in [5.74, 6) is 0.594. The Labute approximate surface area is 141 Å². The van der Waals surface area contributed by atoms with Crippen molar-refractivity contribution in [1.82, 2.24) is 5.16 Å². The summed E-state index contributed by atoms with van der Waals surface area (Å²) in [6.07, 6.45) is 4.62. The number of carbonyl (C=O) groups excluding carboxylic acids is 1. The first-order valence-corrected chi connectivity index (χ1v) is 7.82. The lowest BCUT2D eigenvalue weighted by Crippen LogP contribution is -2.14. The number of benzene rings is 1. The van der Waals surface area contributed by atoms with Crippen molar-refractivity contribution in [2.45, 2.75) is 33.1 Å². The van der Waals surface area contributed by atoms with Gasteiger partial charge in [-0.25, -0.2) is 0 Å². The number of aromatic nitrogens is 1. The van der Waals surface area contributed by atoms with Crippen LogP contribution in [0.5, 0.6) is 0 Å². The van der Waals surface area contributed by atoms with Crippen LogP contribution in [0, 0.1) is 18.3 Å². The van der Waals surface area contributed by atoms with Crippen LogP contribution in [-0.4, -0.2) is 11.1 Å². The highest BCUT2D eigenvalue weighted by molar-refractivity contribution is 6.06. The number of amides is 1. The molecule has 1 amide bonds. The summed E-state index contributed by atoms with van der Waals surface area (Å²) in [7, 11) is 0. The predicted octanol–water partition coefficient (Wildman–Crippen LogP) is 3.78. The fraction of sp³-hybridized carbons (Fsp3) is 0.278. The molecule has 0 unspecified atom stereocenters. The Morgan fingerprint density at radius 3 is 2.71 bits per heavy atom. The number of nitriles is 1. The standard InChI is InChI=1S/C18H20N4O2/c1-3-4-5-14-6-8-16(9-7-14)21-18(23)15(11-19)12-20-17-10-13(2)24-22-17/h6-10,12H,3-5H2,1-2H3,(H,20,22)(H,21,23)/b15-12-. The molecule has 2 rings (SSSR count). The molecule has 24 heavy (non-hydrogen) atoms. The first kappa shape index (κ1) is 17.3. The van der Waals surface area contributed by atoms with Crippen LogP contribution in [0.3, 0.4) is 0 Å². The van der Waals surface area contributed by atoms with E-state index in [2.05, 4.69) is 22.7 Å². The van der Waals surface area contributed by atoms with Crippen LogP contribution < -0.4 is 10.6 Å². The number of rotatable bonds is 7. The minimum Gasteiger partial charge on any atom is -0.360 e. The summed E-state index contributed by atoms with van der Waals surface area (Å²) in [4.78, 5) is 12.1. The van der Waals surface area contributed by atoms with Crippen molar-refractivity contribution in [1.29, 1.82) is 5.26 Å². The largest absolute Gasteiger partial charge is 0.360 e. The molecule has 0 aliphatic rings. The van der Waals surface area contributed by atoms with Gasteiger partial charge >= 0.3 is 0 Å². The molecule has 0 saturated carbocycles. The Morgan fingerprint density at radius 2 is 2.12 bits per heavy atom. The molecule has 0 fully saturated rings. The Hall–Kier alpha value is -3.07. The average molecular weight is 324 g/mol. The van der Waals surface area contributed by atoms with Crippen molar-refractivity contribution >= 4 is 17.4 Å². The smallest absolute Gasteiger partial charge is 0.267 e. The van der Waals surface area contributed by atoms with Gasteiger partial charge in [0.2, 0.25) is 0 Å². The molecular formula is C18H20N4O2. The van der Waals surface area contributed by atoms with E-state index in [9.17, 15) is 4.79 Å². The zero-order valence-corrected chi connectivity index (χ0v) is 13.8. The molecule has 0 spiro atoms. The molecular weight excluding hydrogens is 304 g/mol. The third-order valence-electron chi connectivity index (χ3n) is 3.39. The number of anilines is 2. The molecule has 1 heterocycles. The highest BCUT2D eigenvalue weighted by Crippen LogP contribution is 2.13. The van der Waals surface area contributed by atoms with Gasteiger partial charge in [0, 0.05) is 18.0 Å². The van der Waals surface area contributed by atoms with Crippen molar-refractivity contribution in [2.75, 3.05) is 10.6 Å². The number of hydrogen-bond acceptors (Lipinski definition) is 5. The van der Waals surface area contributed by atoms with Gasteiger partial charge in [0.1, 0.15) is 17.4 Å². The molecule has 2 N–H and O–H groups in total. The van der Waals surface area contributed by atoms with E-state index < -0.39 is 5.91 Å². The van der Waals surface area contributed by atoms with Crippen molar-refractivity contribution in [3.05, 3.63) is 53.4 Å². The van der Waals surface area contributed by atoms with E-state index in [1.54, 1.807) is 13.0 Å². The second-order valence-electron chi connectivity index (χ2n) is 5.39. The van der Waals surface area contributed by atoms with E-state index in [1.807, 2.05) is 30.3 Å². The number of unbranched alkanes of at least 4 members (excludes halogenated alkanes) is 1. The number of hydrogen-bond donors (Lipinski definition) is 2. The molecule has 0 bridgehead atoms. The van der Waals surface area contributed by atoms with Crippen LogP contribution in [0.2, 0.25) is 0 Å². The first-order chi connectivity index (χ1) is 11.6. The van der Waals surface area contributed by atoms with E-state index >= 15 is 0 Å². The van der Waals surface area contributed by atoms with Gasteiger partial charge in [-0.3, -0.25) is 4.79 Å². The van der Waals surface area contributed by atoms with Crippen LogP contribution >= 0.6 is 0 Å². The van der Waals surface area contributed by atoms with Crippen molar-refractivity contribution in [2.24, 2.45) is 0 Å². The van der Waals surface area contributed by atoms with E-state index in [-0.39, 0.29) is 5.57 Å². The van der Waals surface area contributed by atoms with Crippen LogP contribution in [-0.2, 0) is 11.2 Å². The molecule has 2 aromatic rings. The summed E-state index contributed by atoms with van der Waals surface area (Å²) >= 11 is 0. The fourth-order valence-corrected chi connectivity index (χ4v) is 2.06. The summed E-state index contributed by atoms with van der Waals surface area (Å²) < 4.78 is 4.90. The average Bonchev–Trinajstić information content (AvgIpc) is 3.00. The fourth-order valence-electron chi connectivity index (χ4n) is 2.06. The molecule has 0 atom stereocenters. The van der Waals surface area contributed by atoms with Crippen LogP contribution in [0.1, 0.15) is 31.1 Å². The molecule has 0 aliphatic carbocycles. The predicted molar refractivity (Wildman–Crippen MR) is 92.2 cm³/mol. The SMILES string of the molecule is CCCCc1ccc(NC(=O)/C(C#N)=C\Nc2cc(C)on2)cc1. The molecule has 0 saturated heterocycles. The van der Waals surface area contributed by atoms with Gasteiger partial charge in [0.25, 0.3) is 5.91 Å². The summed E-state index contributed by atoms with van der Waals surface area (Å²) in [5.41, 5.74) is 1.83. The van der Waals surface area contributed by atoms with Gasteiger partial charge in [-0.2, -0.15) is 5.26 Å². The summed E-state index contributed by atoms with van der Waals surface area (Å²) in [6.45, 7) is 3.91. The van der Waals surface area contributed by atoms with Gasteiger partial charge in [-0.15, -0.1) is 0 Å². The van der Waals surface area contributed by atoms with Crippen molar-refractivity contribution in [3.63, 3.8) is 0 Å². The molecule has 124 valence electrons. The van der Waals surface area contributed by atoms with Gasteiger partial charge in [-0.1, -0.05) is 30.6 Å². The van der Waals surface area contributed by atoms with Crippen LogP contribution in [0.15, 0.2) is 46.6 Å². The zero-order chi connectivity index (χ0) is 17.4. The summed E-state index contributed by atoms with van der Waals surface area (Å²) in [6, 6.07) is 11.2. The molecule has 6 nitrogen and oxygen atoms in total. The maximum Gasteiger partial charge on any atom is 0.267 e. The maximum atomic E-state index is 12.1. The lowest BCUT2D eigenvalue weighted by Gasteiger charge is -2.06.